The number of hydroxylamine groups is 1. The quantitative estimate of drug-likeness (QED) is 0.788. The first-order valence-electron chi connectivity index (χ1n) is 4.91. The van der Waals surface area contributed by atoms with Crippen LogP contribution in [0.25, 0.3) is 0 Å². The minimum Gasteiger partial charge on any atom is -0.262 e. The van der Waals surface area contributed by atoms with Gasteiger partial charge in [0.2, 0.25) is 0 Å². The van der Waals surface area contributed by atoms with E-state index in [1.165, 1.54) is 6.26 Å². The average Bonchev–Trinajstić information content (AvgIpc) is 2.64. The van der Waals surface area contributed by atoms with Crippen molar-refractivity contribution in [3.8, 4) is 0 Å². The summed E-state index contributed by atoms with van der Waals surface area (Å²) < 4.78 is 22.5. The van der Waals surface area contributed by atoms with Gasteiger partial charge in [-0.15, -0.1) is 0 Å². The van der Waals surface area contributed by atoms with Crippen molar-refractivity contribution in [3.63, 3.8) is 0 Å². The highest BCUT2D eigenvalue weighted by atomic mass is 32.2. The van der Waals surface area contributed by atoms with Crippen molar-refractivity contribution in [3.05, 3.63) is 36.5 Å². The highest BCUT2D eigenvalue weighted by molar-refractivity contribution is 7.90. The van der Waals surface area contributed by atoms with Crippen LogP contribution in [0.3, 0.4) is 0 Å². The second kappa shape index (κ2) is 3.92. The van der Waals surface area contributed by atoms with Gasteiger partial charge in [-0.05, 0) is 37.3 Å². The summed E-state index contributed by atoms with van der Waals surface area (Å²) in [5, 5.41) is 1.62. The first-order chi connectivity index (χ1) is 7.47. The maximum absolute atomic E-state index is 11.3. The van der Waals surface area contributed by atoms with Gasteiger partial charge in [0.25, 0.3) is 0 Å². The SMILES string of the molecule is CC1C=CN(c2ccc(S(C)(=O)=O)cc2)O1. The van der Waals surface area contributed by atoms with Gasteiger partial charge < -0.3 is 0 Å². The van der Waals surface area contributed by atoms with Gasteiger partial charge >= 0.3 is 0 Å². The minimum absolute atomic E-state index is 0.0505. The Morgan fingerprint density at radius 1 is 1.25 bits per heavy atom. The predicted molar refractivity (Wildman–Crippen MR) is 61.7 cm³/mol. The number of nitrogens with zero attached hydrogens (tertiary/aromatic N) is 1. The monoisotopic (exact) mass is 239 g/mol. The van der Waals surface area contributed by atoms with Crippen LogP contribution in [-0.2, 0) is 14.7 Å². The van der Waals surface area contributed by atoms with E-state index < -0.39 is 9.84 Å². The lowest BCUT2D eigenvalue weighted by molar-refractivity contribution is 0.115. The van der Waals surface area contributed by atoms with Crippen LogP contribution in [0, 0.1) is 0 Å². The third-order valence-corrected chi connectivity index (χ3v) is 3.42. The van der Waals surface area contributed by atoms with Gasteiger partial charge in [-0.2, -0.15) is 0 Å². The fraction of sp³-hybridized carbons (Fsp3) is 0.273. The Balaban J connectivity index is 2.24. The zero-order valence-corrected chi connectivity index (χ0v) is 9.94. The molecule has 0 aliphatic carbocycles. The van der Waals surface area contributed by atoms with E-state index >= 15 is 0 Å². The van der Waals surface area contributed by atoms with Crippen LogP contribution in [0.5, 0.6) is 0 Å². The topological polar surface area (TPSA) is 46.6 Å². The van der Waals surface area contributed by atoms with E-state index in [0.717, 1.165) is 5.69 Å². The first kappa shape index (κ1) is 11.2. The third-order valence-electron chi connectivity index (χ3n) is 2.29. The molecule has 0 fully saturated rings. The number of anilines is 1. The smallest absolute Gasteiger partial charge is 0.175 e. The fourth-order valence-corrected chi connectivity index (χ4v) is 2.07. The second-order valence-corrected chi connectivity index (χ2v) is 5.76. The van der Waals surface area contributed by atoms with Crippen molar-refractivity contribution in [2.75, 3.05) is 11.3 Å². The summed E-state index contributed by atoms with van der Waals surface area (Å²) in [4.78, 5) is 5.76. The Hall–Kier alpha value is -1.33. The van der Waals surface area contributed by atoms with Crippen LogP contribution in [0.1, 0.15) is 6.92 Å². The van der Waals surface area contributed by atoms with Crippen LogP contribution < -0.4 is 5.06 Å². The van der Waals surface area contributed by atoms with E-state index in [4.69, 9.17) is 4.84 Å². The number of sulfone groups is 1. The van der Waals surface area contributed by atoms with Crippen molar-refractivity contribution < 1.29 is 13.3 Å². The van der Waals surface area contributed by atoms with Crippen molar-refractivity contribution >= 4 is 15.5 Å². The molecule has 5 heteroatoms. The number of benzene rings is 1. The van der Waals surface area contributed by atoms with Gasteiger partial charge in [-0.3, -0.25) is 4.84 Å². The molecule has 0 bridgehead atoms. The van der Waals surface area contributed by atoms with Gasteiger partial charge in [0.1, 0.15) is 6.10 Å². The molecule has 0 radical (unpaired) electrons. The Morgan fingerprint density at radius 2 is 1.88 bits per heavy atom. The molecule has 1 aromatic rings. The minimum atomic E-state index is -3.13. The molecule has 0 amide bonds. The molecule has 1 atom stereocenters. The summed E-state index contributed by atoms with van der Waals surface area (Å²) in [5.41, 5.74) is 0.813. The average molecular weight is 239 g/mol. The van der Waals surface area contributed by atoms with Crippen molar-refractivity contribution in [2.24, 2.45) is 0 Å². The number of rotatable bonds is 2. The van der Waals surface area contributed by atoms with Gasteiger partial charge in [0, 0.05) is 12.5 Å². The van der Waals surface area contributed by atoms with E-state index in [0.29, 0.717) is 4.90 Å². The molecule has 16 heavy (non-hydrogen) atoms. The summed E-state index contributed by atoms with van der Waals surface area (Å²) in [6.07, 6.45) is 4.98. The van der Waals surface area contributed by atoms with E-state index in [-0.39, 0.29) is 6.10 Å². The predicted octanol–water partition coefficient (Wildman–Crippen LogP) is 1.74. The highest BCUT2D eigenvalue weighted by Crippen LogP contribution is 2.22. The number of hydrogen-bond donors (Lipinski definition) is 0. The maximum Gasteiger partial charge on any atom is 0.175 e. The summed E-state index contributed by atoms with van der Waals surface area (Å²) in [6, 6.07) is 6.59. The summed E-state index contributed by atoms with van der Waals surface area (Å²) in [6.45, 7) is 1.93. The van der Waals surface area contributed by atoms with Crippen molar-refractivity contribution in [1.29, 1.82) is 0 Å². The molecular formula is C11H13NO3S. The lowest BCUT2D eigenvalue weighted by atomic mass is 10.3. The molecule has 1 aliphatic heterocycles. The van der Waals surface area contributed by atoms with E-state index in [1.54, 1.807) is 29.3 Å². The summed E-state index contributed by atoms with van der Waals surface area (Å²) in [5.74, 6) is 0. The molecule has 1 heterocycles. The normalized spacial score (nSPS) is 20.4. The van der Waals surface area contributed by atoms with Crippen LogP contribution >= 0.6 is 0 Å². The van der Waals surface area contributed by atoms with Crippen molar-refractivity contribution in [2.45, 2.75) is 17.9 Å². The lowest BCUT2D eigenvalue weighted by Crippen LogP contribution is -2.15. The summed E-state index contributed by atoms with van der Waals surface area (Å²) in [7, 11) is -3.13. The molecule has 0 N–H and O–H groups in total. The van der Waals surface area contributed by atoms with Crippen molar-refractivity contribution in [1.82, 2.24) is 0 Å². The standard InChI is InChI=1S/C11H13NO3S/c1-9-7-8-12(15-9)10-3-5-11(6-4-10)16(2,13)14/h3-9H,1-2H3. The van der Waals surface area contributed by atoms with E-state index in [1.807, 2.05) is 19.2 Å². The molecular weight excluding hydrogens is 226 g/mol. The van der Waals surface area contributed by atoms with Gasteiger partial charge in [-0.25, -0.2) is 13.5 Å². The van der Waals surface area contributed by atoms with Crippen LogP contribution in [0.15, 0.2) is 41.4 Å². The molecule has 1 aromatic carbocycles. The van der Waals surface area contributed by atoms with Gasteiger partial charge in [0.15, 0.2) is 9.84 Å². The Bertz CT molecular complexity index is 505. The molecule has 0 spiro atoms. The fourth-order valence-electron chi connectivity index (χ4n) is 1.44. The van der Waals surface area contributed by atoms with Gasteiger partial charge in [-0.1, -0.05) is 0 Å². The molecule has 0 aromatic heterocycles. The Labute approximate surface area is 95.0 Å². The zero-order chi connectivity index (χ0) is 11.8. The first-order valence-corrected chi connectivity index (χ1v) is 6.80. The molecule has 1 unspecified atom stereocenters. The molecule has 4 nitrogen and oxygen atoms in total. The van der Waals surface area contributed by atoms with E-state index in [9.17, 15) is 8.42 Å². The lowest BCUT2D eigenvalue weighted by Gasteiger charge is -2.16. The summed E-state index contributed by atoms with van der Waals surface area (Å²) >= 11 is 0. The number of hydrogen-bond acceptors (Lipinski definition) is 4. The highest BCUT2D eigenvalue weighted by Gasteiger charge is 2.14. The molecule has 2 rings (SSSR count). The molecule has 1 aliphatic rings. The zero-order valence-electron chi connectivity index (χ0n) is 9.12. The Kier molecular flexibility index (Phi) is 2.73. The van der Waals surface area contributed by atoms with Gasteiger partial charge in [0.05, 0.1) is 10.6 Å². The molecule has 0 saturated carbocycles. The maximum atomic E-state index is 11.3. The molecule has 86 valence electrons. The van der Waals surface area contributed by atoms with Crippen LogP contribution in [0.4, 0.5) is 5.69 Å². The Morgan fingerprint density at radius 3 is 2.31 bits per heavy atom. The van der Waals surface area contributed by atoms with Crippen LogP contribution in [0.2, 0.25) is 0 Å². The van der Waals surface area contributed by atoms with Crippen LogP contribution in [-0.4, -0.2) is 20.8 Å². The van der Waals surface area contributed by atoms with E-state index in [2.05, 4.69) is 0 Å². The third kappa shape index (κ3) is 2.25. The molecule has 0 saturated heterocycles. The second-order valence-electron chi connectivity index (χ2n) is 3.74. The largest absolute Gasteiger partial charge is 0.262 e.